The molecule has 1 heterocycles. The first-order valence-corrected chi connectivity index (χ1v) is 6.03. The molecule has 0 amide bonds. The summed E-state index contributed by atoms with van der Waals surface area (Å²) >= 11 is 0. The van der Waals surface area contributed by atoms with Crippen LogP contribution in [0.1, 0.15) is 23.1 Å². The van der Waals surface area contributed by atoms with Gasteiger partial charge in [-0.25, -0.2) is 14.8 Å². The highest BCUT2D eigenvalue weighted by molar-refractivity contribution is 5.85. The van der Waals surface area contributed by atoms with Gasteiger partial charge in [-0.15, -0.1) is 0 Å². The van der Waals surface area contributed by atoms with Gasteiger partial charge < -0.3 is 10.1 Å². The Bertz CT molecular complexity index is 567. The van der Waals surface area contributed by atoms with Crippen LogP contribution in [0.2, 0.25) is 0 Å². The molecule has 19 heavy (non-hydrogen) atoms. The predicted octanol–water partition coefficient (Wildman–Crippen LogP) is 2.71. The van der Waals surface area contributed by atoms with E-state index in [-0.39, 0.29) is 5.82 Å². The smallest absolute Gasteiger partial charge is 0.376 e. The molecule has 1 aromatic carbocycles. The Morgan fingerprint density at radius 3 is 2.68 bits per heavy atom. The number of benzene rings is 1. The maximum absolute atomic E-state index is 11.5. The molecule has 0 aliphatic carbocycles. The van der Waals surface area contributed by atoms with Crippen LogP contribution in [-0.2, 0) is 4.74 Å². The minimum atomic E-state index is -0.518. The van der Waals surface area contributed by atoms with E-state index in [1.165, 1.54) is 11.8 Å². The van der Waals surface area contributed by atoms with Crippen LogP contribution in [0.4, 0.5) is 11.5 Å². The summed E-state index contributed by atoms with van der Waals surface area (Å²) < 4.78 is 4.86. The van der Waals surface area contributed by atoms with Crippen molar-refractivity contribution in [2.75, 3.05) is 11.9 Å². The Balaban J connectivity index is 2.15. The minimum Gasteiger partial charge on any atom is -0.460 e. The van der Waals surface area contributed by atoms with E-state index < -0.39 is 5.97 Å². The molecule has 0 saturated heterocycles. The van der Waals surface area contributed by atoms with Crippen molar-refractivity contribution in [3.05, 3.63) is 47.9 Å². The molecule has 0 fully saturated rings. The number of nitrogens with zero attached hydrogens (tertiary/aromatic N) is 2. The van der Waals surface area contributed by atoms with Gasteiger partial charge >= 0.3 is 5.97 Å². The Morgan fingerprint density at radius 2 is 2.00 bits per heavy atom. The highest BCUT2D eigenvalue weighted by Gasteiger charge is 2.10. The maximum atomic E-state index is 11.5. The number of hydrogen-bond acceptors (Lipinski definition) is 5. The fourth-order valence-corrected chi connectivity index (χ4v) is 1.51. The number of esters is 1. The average molecular weight is 257 g/mol. The zero-order chi connectivity index (χ0) is 13.7. The quantitative estimate of drug-likeness (QED) is 0.853. The second-order valence-corrected chi connectivity index (χ2v) is 3.98. The lowest BCUT2D eigenvalue weighted by Gasteiger charge is -2.06. The van der Waals surface area contributed by atoms with Crippen LogP contribution in [0, 0.1) is 6.92 Å². The van der Waals surface area contributed by atoms with Gasteiger partial charge in [-0.2, -0.15) is 0 Å². The summed E-state index contributed by atoms with van der Waals surface area (Å²) in [6.45, 7) is 4.07. The molecule has 5 heteroatoms. The molecule has 98 valence electrons. The van der Waals surface area contributed by atoms with Gasteiger partial charge in [-0.05, 0) is 32.0 Å². The normalized spacial score (nSPS) is 10.0. The van der Waals surface area contributed by atoms with Crippen LogP contribution >= 0.6 is 0 Å². The van der Waals surface area contributed by atoms with E-state index in [1.807, 2.05) is 31.2 Å². The molecule has 5 nitrogen and oxygen atoms in total. The maximum Gasteiger partial charge on any atom is 0.376 e. The Kier molecular flexibility index (Phi) is 4.07. The van der Waals surface area contributed by atoms with E-state index in [4.69, 9.17) is 4.74 Å². The van der Waals surface area contributed by atoms with Gasteiger partial charge in [0.15, 0.2) is 0 Å². The van der Waals surface area contributed by atoms with Gasteiger partial charge in [0.1, 0.15) is 5.82 Å². The number of ether oxygens (including phenoxy) is 1. The van der Waals surface area contributed by atoms with Gasteiger partial charge in [0.25, 0.3) is 0 Å². The highest BCUT2D eigenvalue weighted by Crippen LogP contribution is 2.14. The number of aromatic nitrogens is 2. The monoisotopic (exact) mass is 257 g/mol. The third-order valence-electron chi connectivity index (χ3n) is 2.44. The fourth-order valence-electron chi connectivity index (χ4n) is 1.51. The Labute approximate surface area is 111 Å². The van der Waals surface area contributed by atoms with Crippen molar-refractivity contribution < 1.29 is 9.53 Å². The number of rotatable bonds is 4. The molecule has 0 radical (unpaired) electrons. The van der Waals surface area contributed by atoms with Crippen molar-refractivity contribution >= 4 is 17.5 Å². The van der Waals surface area contributed by atoms with Crippen LogP contribution in [0.25, 0.3) is 0 Å². The summed E-state index contributed by atoms with van der Waals surface area (Å²) in [5.74, 6) is 0.0934. The predicted molar refractivity (Wildman–Crippen MR) is 72.5 cm³/mol. The SMILES string of the molecule is CCOC(=O)c1nccc(Nc2ccc(C)cc2)n1. The third-order valence-corrected chi connectivity index (χ3v) is 2.44. The van der Waals surface area contributed by atoms with Gasteiger partial charge in [0, 0.05) is 11.9 Å². The molecule has 1 N–H and O–H groups in total. The summed E-state index contributed by atoms with van der Waals surface area (Å²) in [4.78, 5) is 19.5. The number of nitrogens with one attached hydrogen (secondary N) is 1. The van der Waals surface area contributed by atoms with Crippen molar-refractivity contribution in [1.29, 1.82) is 0 Å². The van der Waals surface area contributed by atoms with Crippen molar-refractivity contribution in [2.45, 2.75) is 13.8 Å². The van der Waals surface area contributed by atoms with Crippen LogP contribution in [0.15, 0.2) is 36.5 Å². The summed E-state index contributed by atoms with van der Waals surface area (Å²) in [7, 11) is 0. The van der Waals surface area contributed by atoms with E-state index in [9.17, 15) is 4.79 Å². The first kappa shape index (κ1) is 13.0. The number of anilines is 2. The molecular formula is C14H15N3O2. The number of carbonyl (C=O) groups is 1. The summed E-state index contributed by atoms with van der Waals surface area (Å²) in [5, 5.41) is 3.11. The van der Waals surface area contributed by atoms with Crippen LogP contribution in [0.3, 0.4) is 0 Å². The zero-order valence-electron chi connectivity index (χ0n) is 10.9. The first-order valence-electron chi connectivity index (χ1n) is 6.03. The van der Waals surface area contributed by atoms with E-state index in [0.29, 0.717) is 12.4 Å². The Hall–Kier alpha value is -2.43. The molecule has 0 atom stereocenters. The molecule has 0 spiro atoms. The highest BCUT2D eigenvalue weighted by atomic mass is 16.5. The topological polar surface area (TPSA) is 64.1 Å². The second kappa shape index (κ2) is 5.95. The number of carbonyl (C=O) groups excluding carboxylic acids is 1. The number of hydrogen-bond donors (Lipinski definition) is 1. The first-order chi connectivity index (χ1) is 9.19. The standard InChI is InChI=1S/C14H15N3O2/c1-3-19-14(18)13-15-9-8-12(17-13)16-11-6-4-10(2)5-7-11/h4-9H,3H2,1-2H3,(H,15,16,17). The second-order valence-electron chi connectivity index (χ2n) is 3.98. The third kappa shape index (κ3) is 3.51. The molecule has 0 unspecified atom stereocenters. The Morgan fingerprint density at radius 1 is 1.26 bits per heavy atom. The molecule has 0 aliphatic heterocycles. The minimum absolute atomic E-state index is 0.0546. The van der Waals surface area contributed by atoms with Crippen molar-refractivity contribution in [3.8, 4) is 0 Å². The molecule has 1 aromatic heterocycles. The van der Waals surface area contributed by atoms with Gasteiger partial charge in [-0.3, -0.25) is 0 Å². The number of aryl methyl sites for hydroxylation is 1. The largest absolute Gasteiger partial charge is 0.460 e. The van der Waals surface area contributed by atoms with Crippen molar-refractivity contribution in [1.82, 2.24) is 9.97 Å². The fraction of sp³-hybridized carbons (Fsp3) is 0.214. The van der Waals surface area contributed by atoms with Gasteiger partial charge in [0.2, 0.25) is 5.82 Å². The van der Waals surface area contributed by atoms with E-state index in [2.05, 4.69) is 15.3 Å². The van der Waals surface area contributed by atoms with Crippen LogP contribution in [-0.4, -0.2) is 22.5 Å². The lowest BCUT2D eigenvalue weighted by atomic mass is 10.2. The van der Waals surface area contributed by atoms with Gasteiger partial charge in [-0.1, -0.05) is 17.7 Å². The molecule has 0 aliphatic rings. The average Bonchev–Trinajstić information content (AvgIpc) is 2.42. The van der Waals surface area contributed by atoms with Crippen molar-refractivity contribution in [3.63, 3.8) is 0 Å². The molecule has 2 rings (SSSR count). The van der Waals surface area contributed by atoms with Crippen LogP contribution in [0.5, 0.6) is 0 Å². The summed E-state index contributed by atoms with van der Waals surface area (Å²) in [5.41, 5.74) is 2.08. The van der Waals surface area contributed by atoms with E-state index in [1.54, 1.807) is 13.0 Å². The molecule has 0 bridgehead atoms. The lowest BCUT2D eigenvalue weighted by molar-refractivity contribution is 0.0512. The van der Waals surface area contributed by atoms with E-state index in [0.717, 1.165) is 5.69 Å². The summed E-state index contributed by atoms with van der Waals surface area (Å²) in [6, 6.07) is 9.58. The summed E-state index contributed by atoms with van der Waals surface area (Å²) in [6.07, 6.45) is 1.52. The van der Waals surface area contributed by atoms with Crippen LogP contribution < -0.4 is 5.32 Å². The van der Waals surface area contributed by atoms with E-state index >= 15 is 0 Å². The molecule has 2 aromatic rings. The molecular weight excluding hydrogens is 242 g/mol. The van der Waals surface area contributed by atoms with Crippen molar-refractivity contribution in [2.24, 2.45) is 0 Å². The van der Waals surface area contributed by atoms with Gasteiger partial charge in [0.05, 0.1) is 6.61 Å². The zero-order valence-corrected chi connectivity index (χ0v) is 10.9. The molecule has 0 saturated carbocycles. The lowest BCUT2D eigenvalue weighted by Crippen LogP contribution is -2.10.